The Balaban J connectivity index is 2.17. The van der Waals surface area contributed by atoms with E-state index in [1.807, 2.05) is 6.92 Å². The first-order chi connectivity index (χ1) is 9.17. The lowest BCUT2D eigenvalue weighted by Gasteiger charge is -2.31. The van der Waals surface area contributed by atoms with E-state index >= 15 is 0 Å². The van der Waals surface area contributed by atoms with Gasteiger partial charge in [-0.2, -0.15) is 0 Å². The van der Waals surface area contributed by atoms with Crippen molar-refractivity contribution in [3.8, 4) is 5.75 Å². The molecular weight excluding hydrogens is 246 g/mol. The van der Waals surface area contributed by atoms with Gasteiger partial charge in [-0.1, -0.05) is 12.1 Å². The van der Waals surface area contributed by atoms with Crippen LogP contribution in [0.5, 0.6) is 5.75 Å². The number of rotatable bonds is 2. The Morgan fingerprint density at radius 2 is 2.42 bits per heavy atom. The smallest absolute Gasteiger partial charge is 0.257 e. The maximum Gasteiger partial charge on any atom is 0.257 e. The fourth-order valence-corrected chi connectivity index (χ4v) is 2.25. The number of carbonyl (C=O) groups is 1. The number of piperidine rings is 1. The molecule has 1 aliphatic rings. The second-order valence-electron chi connectivity index (χ2n) is 4.57. The van der Waals surface area contributed by atoms with Crippen LogP contribution in [0.4, 0.5) is 0 Å². The van der Waals surface area contributed by atoms with Gasteiger partial charge in [0.05, 0.1) is 24.6 Å². The number of hydrogen-bond donors (Lipinski definition) is 1. The van der Waals surface area contributed by atoms with Crippen LogP contribution in [-0.2, 0) is 0 Å². The number of pyridine rings is 1. The second kappa shape index (κ2) is 5.69. The van der Waals surface area contributed by atoms with Gasteiger partial charge in [0.25, 0.3) is 5.91 Å². The molecule has 1 aromatic heterocycles. The molecule has 102 valence electrons. The van der Waals surface area contributed by atoms with Gasteiger partial charge >= 0.3 is 0 Å². The number of hydrogen-bond acceptors (Lipinski definition) is 5. The van der Waals surface area contributed by atoms with Gasteiger partial charge in [0.2, 0.25) is 0 Å². The molecule has 1 N–H and O–H groups in total. The summed E-state index contributed by atoms with van der Waals surface area (Å²) in [6.45, 7) is 3.04. The number of likely N-dealkylation sites (tertiary alicyclic amines) is 1. The van der Waals surface area contributed by atoms with E-state index in [0.29, 0.717) is 30.8 Å². The first kappa shape index (κ1) is 13.3. The molecule has 1 aromatic rings. The van der Waals surface area contributed by atoms with E-state index in [1.54, 1.807) is 17.2 Å². The third-order valence-electron chi connectivity index (χ3n) is 3.35. The molecule has 1 aliphatic heterocycles. The topological polar surface area (TPSA) is 75.0 Å². The molecule has 1 fully saturated rings. The summed E-state index contributed by atoms with van der Waals surface area (Å²) >= 11 is 0. The summed E-state index contributed by atoms with van der Waals surface area (Å²) in [5, 5.41) is 12.1. The van der Waals surface area contributed by atoms with Crippen LogP contribution in [0, 0.1) is 5.92 Å². The van der Waals surface area contributed by atoms with E-state index in [2.05, 4.69) is 10.1 Å². The van der Waals surface area contributed by atoms with Crippen LogP contribution in [0.25, 0.3) is 0 Å². The molecule has 6 heteroatoms. The zero-order chi connectivity index (χ0) is 13.8. The number of methoxy groups -OCH3 is 1. The van der Waals surface area contributed by atoms with Gasteiger partial charge in [-0.3, -0.25) is 9.78 Å². The van der Waals surface area contributed by atoms with E-state index < -0.39 is 0 Å². The molecule has 0 radical (unpaired) electrons. The molecule has 19 heavy (non-hydrogen) atoms. The highest BCUT2D eigenvalue weighted by atomic mass is 16.5. The molecule has 1 saturated heterocycles. The molecule has 0 spiro atoms. The first-order valence-electron chi connectivity index (χ1n) is 6.15. The molecule has 2 rings (SSSR count). The van der Waals surface area contributed by atoms with Crippen molar-refractivity contribution in [2.75, 3.05) is 20.2 Å². The van der Waals surface area contributed by atoms with Gasteiger partial charge in [0.15, 0.2) is 0 Å². The lowest BCUT2D eigenvalue weighted by molar-refractivity contribution is 0.0730. The predicted octanol–water partition coefficient (Wildman–Crippen LogP) is 1.40. The molecule has 0 bridgehead atoms. The van der Waals surface area contributed by atoms with Gasteiger partial charge in [0.1, 0.15) is 5.75 Å². The summed E-state index contributed by atoms with van der Waals surface area (Å²) in [7, 11) is 1.52. The van der Waals surface area contributed by atoms with Crippen molar-refractivity contribution < 1.29 is 14.7 Å². The minimum absolute atomic E-state index is 0.0653. The van der Waals surface area contributed by atoms with Crippen molar-refractivity contribution in [3.63, 3.8) is 0 Å². The van der Waals surface area contributed by atoms with Crippen LogP contribution in [0.1, 0.15) is 23.7 Å². The SMILES string of the molecule is COc1cnccc1C(=O)N1CC/C(=N/O)C(C)C1. The largest absolute Gasteiger partial charge is 0.494 e. The summed E-state index contributed by atoms with van der Waals surface area (Å²) in [4.78, 5) is 18.1. The van der Waals surface area contributed by atoms with Crippen molar-refractivity contribution in [3.05, 3.63) is 24.0 Å². The summed E-state index contributed by atoms with van der Waals surface area (Å²) < 4.78 is 5.15. The van der Waals surface area contributed by atoms with Crippen LogP contribution >= 0.6 is 0 Å². The maximum absolute atomic E-state index is 12.4. The minimum atomic E-state index is -0.0805. The fraction of sp³-hybridized carbons (Fsp3) is 0.462. The number of amides is 1. The Morgan fingerprint density at radius 1 is 1.63 bits per heavy atom. The minimum Gasteiger partial charge on any atom is -0.494 e. The Kier molecular flexibility index (Phi) is 3.99. The number of ether oxygens (including phenoxy) is 1. The fourth-order valence-electron chi connectivity index (χ4n) is 2.25. The summed E-state index contributed by atoms with van der Waals surface area (Å²) in [6, 6.07) is 1.65. The van der Waals surface area contributed by atoms with Crippen molar-refractivity contribution in [1.29, 1.82) is 0 Å². The van der Waals surface area contributed by atoms with Gasteiger partial charge in [-0.25, -0.2) is 0 Å². The zero-order valence-electron chi connectivity index (χ0n) is 11.0. The molecule has 1 atom stereocenters. The Bertz CT molecular complexity index is 502. The maximum atomic E-state index is 12.4. The van der Waals surface area contributed by atoms with E-state index in [-0.39, 0.29) is 11.8 Å². The van der Waals surface area contributed by atoms with Crippen LogP contribution < -0.4 is 4.74 Å². The normalized spacial score (nSPS) is 21.5. The van der Waals surface area contributed by atoms with E-state index in [4.69, 9.17) is 9.94 Å². The van der Waals surface area contributed by atoms with Crippen molar-refractivity contribution in [2.45, 2.75) is 13.3 Å². The number of aromatic nitrogens is 1. The quantitative estimate of drug-likeness (QED) is 0.646. The van der Waals surface area contributed by atoms with E-state index in [0.717, 1.165) is 5.71 Å². The molecule has 0 aromatic carbocycles. The highest BCUT2D eigenvalue weighted by Crippen LogP contribution is 2.21. The molecule has 0 aliphatic carbocycles. The molecule has 1 amide bonds. The molecular formula is C13H17N3O3. The highest BCUT2D eigenvalue weighted by molar-refractivity contribution is 5.98. The van der Waals surface area contributed by atoms with Crippen LogP contribution in [0.3, 0.4) is 0 Å². The van der Waals surface area contributed by atoms with Gasteiger partial charge in [-0.05, 0) is 6.07 Å². The predicted molar refractivity (Wildman–Crippen MR) is 69.7 cm³/mol. The number of nitrogens with zero attached hydrogens (tertiary/aromatic N) is 3. The zero-order valence-corrected chi connectivity index (χ0v) is 11.0. The van der Waals surface area contributed by atoms with Crippen molar-refractivity contribution in [2.24, 2.45) is 11.1 Å². The Labute approximate surface area is 111 Å². The monoisotopic (exact) mass is 263 g/mol. The van der Waals surface area contributed by atoms with E-state index in [9.17, 15) is 4.79 Å². The highest BCUT2D eigenvalue weighted by Gasteiger charge is 2.27. The third kappa shape index (κ3) is 2.67. The number of carbonyl (C=O) groups excluding carboxylic acids is 1. The third-order valence-corrected chi connectivity index (χ3v) is 3.35. The van der Waals surface area contributed by atoms with Gasteiger partial charge in [0, 0.05) is 31.6 Å². The summed E-state index contributed by atoms with van der Waals surface area (Å²) in [6.07, 6.45) is 3.70. The van der Waals surface area contributed by atoms with E-state index in [1.165, 1.54) is 13.3 Å². The van der Waals surface area contributed by atoms with Crippen LogP contribution in [-0.4, -0.2) is 46.9 Å². The first-order valence-corrected chi connectivity index (χ1v) is 6.15. The second-order valence-corrected chi connectivity index (χ2v) is 4.57. The number of oxime groups is 1. The van der Waals surface area contributed by atoms with Gasteiger partial charge in [-0.15, -0.1) is 0 Å². The van der Waals surface area contributed by atoms with Crippen molar-refractivity contribution >= 4 is 11.6 Å². The van der Waals surface area contributed by atoms with Gasteiger partial charge < -0.3 is 14.8 Å². The van der Waals surface area contributed by atoms with Crippen molar-refractivity contribution in [1.82, 2.24) is 9.88 Å². The summed E-state index contributed by atoms with van der Waals surface area (Å²) in [5.74, 6) is 0.459. The molecule has 1 unspecified atom stereocenters. The molecule has 6 nitrogen and oxygen atoms in total. The Hall–Kier alpha value is -2.11. The van der Waals surface area contributed by atoms with Crippen LogP contribution in [0.2, 0.25) is 0 Å². The molecule has 2 heterocycles. The molecule has 0 saturated carbocycles. The average molecular weight is 263 g/mol. The standard InChI is InChI=1S/C13H17N3O3/c1-9-8-16(6-4-11(9)15-18)13(17)10-3-5-14-7-12(10)19-2/h3,5,7,9,18H,4,6,8H2,1-2H3/b15-11-. The summed E-state index contributed by atoms with van der Waals surface area (Å²) in [5.41, 5.74) is 1.25. The average Bonchev–Trinajstić information content (AvgIpc) is 2.46. The lowest BCUT2D eigenvalue weighted by atomic mass is 9.97. The lowest BCUT2D eigenvalue weighted by Crippen LogP contribution is -2.43. The van der Waals surface area contributed by atoms with Crippen LogP contribution in [0.15, 0.2) is 23.6 Å². The Morgan fingerprint density at radius 3 is 3.05 bits per heavy atom.